The first-order valence-electron chi connectivity index (χ1n) is 7.28. The zero-order chi connectivity index (χ0) is 15.6. The highest BCUT2D eigenvalue weighted by Gasteiger charge is 2.13. The zero-order valence-corrected chi connectivity index (χ0v) is 13.9. The maximum atomic E-state index is 11.0. The molecular formula is C18H20O3Si. The molecule has 0 aliphatic carbocycles. The Balaban J connectivity index is 1.95. The lowest BCUT2D eigenvalue weighted by atomic mass is 9.92. The molecule has 114 valence electrons. The topological polar surface area (TPSA) is 35.5 Å². The van der Waals surface area contributed by atoms with Crippen LogP contribution in [-0.4, -0.2) is 28.6 Å². The Morgan fingerprint density at radius 2 is 1.59 bits per heavy atom. The number of esters is 1. The second-order valence-electron chi connectivity index (χ2n) is 4.82. The number of carbonyl (C=O) groups excluding carboxylic acids is 1. The maximum Gasteiger partial charge on any atom is 0.329 e. The Hall–Kier alpha value is -2.17. The van der Waals surface area contributed by atoms with Crippen molar-refractivity contribution in [2.45, 2.75) is 5.92 Å². The van der Waals surface area contributed by atoms with Crippen molar-refractivity contribution < 1.29 is 14.0 Å². The Labute approximate surface area is 133 Å². The van der Waals surface area contributed by atoms with Crippen molar-refractivity contribution in [1.82, 2.24) is 0 Å². The third-order valence-electron chi connectivity index (χ3n) is 3.33. The summed E-state index contributed by atoms with van der Waals surface area (Å²) in [5, 5.41) is 0. The molecule has 3 nitrogen and oxygen atoms in total. The van der Waals surface area contributed by atoms with Crippen molar-refractivity contribution in [2.75, 3.05) is 12.8 Å². The molecular weight excluding hydrogens is 292 g/mol. The van der Waals surface area contributed by atoms with Gasteiger partial charge < -0.3 is 9.16 Å². The van der Waals surface area contributed by atoms with Gasteiger partial charge in [-0.15, -0.1) is 0 Å². The molecule has 22 heavy (non-hydrogen) atoms. The zero-order valence-electron chi connectivity index (χ0n) is 12.5. The van der Waals surface area contributed by atoms with E-state index in [-0.39, 0.29) is 5.92 Å². The summed E-state index contributed by atoms with van der Waals surface area (Å²) in [6, 6.07) is 20.6. The van der Waals surface area contributed by atoms with Crippen molar-refractivity contribution in [3.05, 3.63) is 84.4 Å². The fourth-order valence-corrected chi connectivity index (χ4v) is 3.02. The van der Waals surface area contributed by atoms with Gasteiger partial charge >= 0.3 is 5.97 Å². The highest BCUT2D eigenvalue weighted by molar-refractivity contribution is 6.27. The Morgan fingerprint density at radius 1 is 1.05 bits per heavy atom. The van der Waals surface area contributed by atoms with E-state index in [0.717, 1.165) is 0 Å². The van der Waals surface area contributed by atoms with Crippen LogP contribution in [0, 0.1) is 0 Å². The summed E-state index contributed by atoms with van der Waals surface area (Å²) in [7, 11) is -0.884. The molecule has 0 fully saturated rings. The van der Waals surface area contributed by atoms with Crippen LogP contribution in [0.25, 0.3) is 0 Å². The highest BCUT2D eigenvalue weighted by atomic mass is 28.2. The SMILES string of the molecule is C=CC(=O)OC[SiH2]OCC(c1ccccc1)c1ccccc1. The van der Waals surface area contributed by atoms with E-state index in [1.165, 1.54) is 17.2 Å². The van der Waals surface area contributed by atoms with Crippen LogP contribution in [0.2, 0.25) is 0 Å². The van der Waals surface area contributed by atoms with Crippen molar-refractivity contribution in [1.29, 1.82) is 0 Å². The van der Waals surface area contributed by atoms with E-state index in [0.29, 0.717) is 12.8 Å². The van der Waals surface area contributed by atoms with Gasteiger partial charge in [0.2, 0.25) is 9.76 Å². The Kier molecular flexibility index (Phi) is 6.61. The van der Waals surface area contributed by atoms with E-state index in [4.69, 9.17) is 9.16 Å². The standard InChI is InChI=1S/C18H20O3Si/c1-2-18(19)20-14-22-21-13-17(15-9-5-3-6-10-15)16-11-7-4-8-12-16/h2-12,17H,1,13-14,22H2. The predicted molar refractivity (Wildman–Crippen MR) is 90.4 cm³/mol. The van der Waals surface area contributed by atoms with E-state index in [1.54, 1.807) is 0 Å². The first-order valence-corrected chi connectivity index (χ1v) is 8.86. The normalized spacial score (nSPS) is 11.0. The summed E-state index contributed by atoms with van der Waals surface area (Å²) in [6.07, 6.45) is 1.55. The van der Waals surface area contributed by atoms with Gasteiger partial charge in [0.25, 0.3) is 0 Å². The Morgan fingerprint density at radius 3 is 2.09 bits per heavy atom. The number of hydrogen-bond acceptors (Lipinski definition) is 3. The summed E-state index contributed by atoms with van der Waals surface area (Å²) < 4.78 is 10.8. The average Bonchev–Trinajstić information content (AvgIpc) is 2.59. The molecule has 0 aliphatic rings. The molecule has 0 bridgehead atoms. The van der Waals surface area contributed by atoms with Crippen molar-refractivity contribution in [3.8, 4) is 0 Å². The summed E-state index contributed by atoms with van der Waals surface area (Å²) in [5.41, 5.74) is 2.46. The second-order valence-corrected chi connectivity index (χ2v) is 6.05. The maximum absolute atomic E-state index is 11.0. The van der Waals surface area contributed by atoms with E-state index in [1.807, 2.05) is 36.4 Å². The first-order chi connectivity index (χ1) is 10.8. The fraction of sp³-hybridized carbons (Fsp3) is 0.167. The number of rotatable bonds is 8. The molecule has 0 saturated carbocycles. The molecule has 0 aromatic heterocycles. The Bertz CT molecular complexity index is 544. The van der Waals surface area contributed by atoms with Gasteiger partial charge in [-0.3, -0.25) is 0 Å². The fourth-order valence-electron chi connectivity index (χ4n) is 2.22. The van der Waals surface area contributed by atoms with Crippen LogP contribution in [0.1, 0.15) is 17.0 Å². The lowest BCUT2D eigenvalue weighted by molar-refractivity contribution is -0.136. The lowest BCUT2D eigenvalue weighted by Gasteiger charge is -2.18. The van der Waals surface area contributed by atoms with Gasteiger partial charge in [-0.25, -0.2) is 4.79 Å². The van der Waals surface area contributed by atoms with Gasteiger partial charge in [-0.2, -0.15) is 0 Å². The minimum Gasteiger partial charge on any atom is -0.464 e. The number of benzene rings is 2. The smallest absolute Gasteiger partial charge is 0.329 e. The van der Waals surface area contributed by atoms with Crippen molar-refractivity contribution in [3.63, 3.8) is 0 Å². The highest BCUT2D eigenvalue weighted by Crippen LogP contribution is 2.24. The van der Waals surface area contributed by atoms with E-state index in [2.05, 4.69) is 30.8 Å². The monoisotopic (exact) mass is 312 g/mol. The molecule has 0 unspecified atom stereocenters. The lowest BCUT2D eigenvalue weighted by Crippen LogP contribution is -2.16. The molecule has 0 aliphatic heterocycles. The van der Waals surface area contributed by atoms with Gasteiger partial charge in [0.05, 0.1) is 0 Å². The minimum atomic E-state index is -0.884. The van der Waals surface area contributed by atoms with Crippen LogP contribution in [-0.2, 0) is 14.0 Å². The van der Waals surface area contributed by atoms with Crippen LogP contribution < -0.4 is 0 Å². The van der Waals surface area contributed by atoms with Gasteiger partial charge in [-0.05, 0) is 11.1 Å². The van der Waals surface area contributed by atoms with Crippen molar-refractivity contribution in [2.24, 2.45) is 0 Å². The number of carbonyl (C=O) groups is 1. The molecule has 0 spiro atoms. The summed E-state index contributed by atoms with van der Waals surface area (Å²) in [4.78, 5) is 11.0. The van der Waals surface area contributed by atoms with Crippen LogP contribution in [0.5, 0.6) is 0 Å². The summed E-state index contributed by atoms with van der Waals surface area (Å²) in [5.74, 6) is -0.191. The molecule has 4 heteroatoms. The van der Waals surface area contributed by atoms with Gasteiger partial charge in [0.1, 0.15) is 6.23 Å². The number of hydrogen-bond donors (Lipinski definition) is 0. The molecule has 0 radical (unpaired) electrons. The van der Waals surface area contributed by atoms with Crippen molar-refractivity contribution >= 4 is 15.7 Å². The molecule has 0 N–H and O–H groups in total. The molecule has 0 saturated heterocycles. The molecule has 2 aromatic rings. The van der Waals surface area contributed by atoms with E-state index in [9.17, 15) is 4.79 Å². The quantitative estimate of drug-likeness (QED) is 0.325. The molecule has 2 rings (SSSR count). The van der Waals surface area contributed by atoms with E-state index < -0.39 is 15.7 Å². The van der Waals surface area contributed by atoms with Gasteiger partial charge in [0, 0.05) is 18.6 Å². The van der Waals surface area contributed by atoms with Crippen LogP contribution in [0.4, 0.5) is 0 Å². The largest absolute Gasteiger partial charge is 0.464 e. The predicted octanol–water partition coefficient (Wildman–Crippen LogP) is 2.61. The van der Waals surface area contributed by atoms with Crippen LogP contribution >= 0.6 is 0 Å². The van der Waals surface area contributed by atoms with Gasteiger partial charge in [-0.1, -0.05) is 67.2 Å². The van der Waals surface area contributed by atoms with Crippen LogP contribution in [0.15, 0.2) is 73.3 Å². The van der Waals surface area contributed by atoms with Gasteiger partial charge in [0.15, 0.2) is 0 Å². The average molecular weight is 312 g/mol. The summed E-state index contributed by atoms with van der Waals surface area (Å²) in [6.45, 7) is 3.97. The third kappa shape index (κ3) is 4.98. The second kappa shape index (κ2) is 8.97. The third-order valence-corrected chi connectivity index (χ3v) is 4.22. The molecule has 0 heterocycles. The summed E-state index contributed by atoms with van der Waals surface area (Å²) >= 11 is 0. The number of ether oxygens (including phenoxy) is 1. The molecule has 0 atom stereocenters. The first kappa shape index (κ1) is 16.2. The molecule has 0 amide bonds. The molecule has 2 aromatic carbocycles. The minimum absolute atomic E-state index is 0.199. The van der Waals surface area contributed by atoms with E-state index >= 15 is 0 Å². The van der Waals surface area contributed by atoms with Crippen LogP contribution in [0.3, 0.4) is 0 Å².